The van der Waals surface area contributed by atoms with Gasteiger partial charge in [-0.3, -0.25) is 4.79 Å². The summed E-state index contributed by atoms with van der Waals surface area (Å²) in [4.78, 5) is 12.5. The second kappa shape index (κ2) is 6.89. The molecule has 0 amide bonds. The molecule has 2 rings (SSSR count). The summed E-state index contributed by atoms with van der Waals surface area (Å²) in [6.45, 7) is 3.94. The summed E-state index contributed by atoms with van der Waals surface area (Å²) in [5, 5.41) is 3.48. The molecule has 0 spiro atoms. The molecule has 0 aliphatic heterocycles. The summed E-state index contributed by atoms with van der Waals surface area (Å²) in [5.41, 5.74) is 1.77. The first-order chi connectivity index (χ1) is 9.61. The minimum absolute atomic E-state index is 0.120. The molecular weight excluding hydrogens is 250 g/mol. The molecule has 3 nitrogen and oxygen atoms in total. The van der Waals surface area contributed by atoms with Crippen molar-refractivity contribution in [1.82, 2.24) is 5.32 Å². The molecule has 0 aromatic heterocycles. The molecule has 1 atom stereocenters. The molecule has 20 heavy (non-hydrogen) atoms. The Bertz CT molecular complexity index is 464. The van der Waals surface area contributed by atoms with Crippen LogP contribution in [0.15, 0.2) is 18.2 Å². The third-order valence-electron chi connectivity index (χ3n) is 4.16. The Kier molecular flexibility index (Phi) is 5.18. The molecule has 1 aromatic carbocycles. The first-order valence-electron chi connectivity index (χ1n) is 7.56. The second-order valence-corrected chi connectivity index (χ2v) is 5.77. The quantitative estimate of drug-likeness (QED) is 0.836. The van der Waals surface area contributed by atoms with Crippen molar-refractivity contribution in [3.8, 4) is 5.75 Å². The molecule has 1 saturated carbocycles. The van der Waals surface area contributed by atoms with Crippen LogP contribution in [0, 0.1) is 6.92 Å². The fourth-order valence-corrected chi connectivity index (χ4v) is 2.98. The number of rotatable bonds is 5. The van der Waals surface area contributed by atoms with E-state index in [1.54, 1.807) is 7.11 Å². The third kappa shape index (κ3) is 3.60. The number of ether oxygens (including phenoxy) is 1. The Balaban J connectivity index is 2.00. The summed E-state index contributed by atoms with van der Waals surface area (Å²) in [6, 6.07) is 6.02. The van der Waals surface area contributed by atoms with E-state index in [-0.39, 0.29) is 11.8 Å². The summed E-state index contributed by atoms with van der Waals surface area (Å²) < 4.78 is 5.23. The van der Waals surface area contributed by atoms with Gasteiger partial charge in [-0.05, 0) is 50.5 Å². The molecule has 1 unspecified atom stereocenters. The van der Waals surface area contributed by atoms with Crippen LogP contribution in [0.3, 0.4) is 0 Å². The van der Waals surface area contributed by atoms with Crippen LogP contribution in [0.4, 0.5) is 0 Å². The molecule has 0 heterocycles. The van der Waals surface area contributed by atoms with Crippen LogP contribution >= 0.6 is 0 Å². The van der Waals surface area contributed by atoms with Gasteiger partial charge in [0.1, 0.15) is 5.75 Å². The minimum Gasteiger partial charge on any atom is -0.496 e. The minimum atomic E-state index is -0.120. The Labute approximate surface area is 121 Å². The molecule has 0 radical (unpaired) electrons. The van der Waals surface area contributed by atoms with Gasteiger partial charge in [0.15, 0.2) is 5.78 Å². The molecule has 0 bridgehead atoms. The van der Waals surface area contributed by atoms with E-state index in [9.17, 15) is 4.79 Å². The largest absolute Gasteiger partial charge is 0.496 e. The van der Waals surface area contributed by atoms with Gasteiger partial charge in [-0.15, -0.1) is 0 Å². The zero-order valence-corrected chi connectivity index (χ0v) is 12.7. The summed E-state index contributed by atoms with van der Waals surface area (Å²) in [6.07, 6.45) is 6.27. The van der Waals surface area contributed by atoms with Crippen LogP contribution in [0.1, 0.15) is 54.9 Å². The first-order valence-corrected chi connectivity index (χ1v) is 7.56. The lowest BCUT2D eigenvalue weighted by atomic mass is 9.94. The normalized spacial score (nSPS) is 17.8. The second-order valence-electron chi connectivity index (χ2n) is 5.77. The summed E-state index contributed by atoms with van der Waals surface area (Å²) in [5.74, 6) is 0.996. The maximum Gasteiger partial charge on any atom is 0.179 e. The fraction of sp³-hybridized carbons (Fsp3) is 0.588. The van der Waals surface area contributed by atoms with Crippen molar-refractivity contribution in [2.75, 3.05) is 7.11 Å². The van der Waals surface area contributed by atoms with Crippen molar-refractivity contribution in [3.63, 3.8) is 0 Å². The predicted octanol–water partition coefficient (Wildman–Crippen LogP) is 3.50. The van der Waals surface area contributed by atoms with Crippen molar-refractivity contribution < 1.29 is 9.53 Å². The number of hydrogen-bond acceptors (Lipinski definition) is 3. The molecule has 0 saturated heterocycles. The smallest absolute Gasteiger partial charge is 0.179 e. The molecule has 1 N–H and O–H groups in total. The number of ketones is 1. The lowest BCUT2D eigenvalue weighted by Gasteiger charge is -2.26. The van der Waals surface area contributed by atoms with Gasteiger partial charge in [-0.25, -0.2) is 0 Å². The molecule has 1 fully saturated rings. The number of Topliss-reactive ketones (excluding diaryl/α,β-unsaturated/α-hetero) is 1. The van der Waals surface area contributed by atoms with E-state index in [1.807, 2.05) is 32.0 Å². The van der Waals surface area contributed by atoms with Gasteiger partial charge in [-0.1, -0.05) is 19.3 Å². The van der Waals surface area contributed by atoms with E-state index in [1.165, 1.54) is 32.1 Å². The molecule has 1 aliphatic rings. The van der Waals surface area contributed by atoms with Crippen molar-refractivity contribution in [2.24, 2.45) is 0 Å². The van der Waals surface area contributed by atoms with E-state index >= 15 is 0 Å². The molecule has 1 aliphatic carbocycles. The van der Waals surface area contributed by atoms with Gasteiger partial charge < -0.3 is 10.1 Å². The maximum atomic E-state index is 12.5. The Morgan fingerprint density at radius 3 is 2.60 bits per heavy atom. The standard InChI is InChI=1S/C17H25NO2/c1-12-11-14(9-10-16(12)20-3)17(19)13(2)18-15-7-5-4-6-8-15/h9-11,13,15,18H,4-8H2,1-3H3. The average molecular weight is 275 g/mol. The fourth-order valence-electron chi connectivity index (χ4n) is 2.98. The number of benzene rings is 1. The van der Waals surface area contributed by atoms with Crippen LogP contribution in [0.25, 0.3) is 0 Å². The van der Waals surface area contributed by atoms with Gasteiger partial charge in [0.05, 0.1) is 13.2 Å². The SMILES string of the molecule is COc1ccc(C(=O)C(C)NC2CCCCC2)cc1C. The van der Waals surface area contributed by atoms with Gasteiger partial charge in [0.2, 0.25) is 0 Å². The van der Waals surface area contributed by atoms with Crippen LogP contribution in [-0.2, 0) is 0 Å². The Morgan fingerprint density at radius 2 is 2.00 bits per heavy atom. The highest BCUT2D eigenvalue weighted by atomic mass is 16.5. The van der Waals surface area contributed by atoms with Crippen molar-refractivity contribution in [1.29, 1.82) is 0 Å². The van der Waals surface area contributed by atoms with Gasteiger partial charge >= 0.3 is 0 Å². The lowest BCUT2D eigenvalue weighted by Crippen LogP contribution is -2.42. The number of methoxy groups -OCH3 is 1. The zero-order valence-electron chi connectivity index (χ0n) is 12.7. The van der Waals surface area contributed by atoms with E-state index in [0.717, 1.165) is 16.9 Å². The van der Waals surface area contributed by atoms with Crippen molar-refractivity contribution >= 4 is 5.78 Å². The predicted molar refractivity (Wildman–Crippen MR) is 81.5 cm³/mol. The Hall–Kier alpha value is -1.35. The van der Waals surface area contributed by atoms with E-state index in [2.05, 4.69) is 5.32 Å². The third-order valence-corrected chi connectivity index (χ3v) is 4.16. The van der Waals surface area contributed by atoms with Gasteiger partial charge in [-0.2, -0.15) is 0 Å². The summed E-state index contributed by atoms with van der Waals surface area (Å²) >= 11 is 0. The first kappa shape index (κ1) is 15.0. The topological polar surface area (TPSA) is 38.3 Å². The number of hydrogen-bond donors (Lipinski definition) is 1. The molecule has 110 valence electrons. The monoisotopic (exact) mass is 275 g/mol. The number of carbonyl (C=O) groups excluding carboxylic acids is 1. The van der Waals surface area contributed by atoms with Crippen LogP contribution in [0.5, 0.6) is 5.75 Å². The molecular formula is C17H25NO2. The van der Waals surface area contributed by atoms with Crippen molar-refractivity contribution in [3.05, 3.63) is 29.3 Å². The Morgan fingerprint density at radius 1 is 1.30 bits per heavy atom. The van der Waals surface area contributed by atoms with Crippen molar-refractivity contribution in [2.45, 2.75) is 58.0 Å². The highest BCUT2D eigenvalue weighted by Crippen LogP contribution is 2.21. The maximum absolute atomic E-state index is 12.5. The zero-order chi connectivity index (χ0) is 14.5. The molecule has 3 heteroatoms. The number of aryl methyl sites for hydroxylation is 1. The van der Waals surface area contributed by atoms with Crippen LogP contribution < -0.4 is 10.1 Å². The number of nitrogens with one attached hydrogen (secondary N) is 1. The van der Waals surface area contributed by atoms with Crippen LogP contribution in [0.2, 0.25) is 0 Å². The van der Waals surface area contributed by atoms with Crippen LogP contribution in [-0.4, -0.2) is 25.0 Å². The summed E-state index contributed by atoms with van der Waals surface area (Å²) in [7, 11) is 1.65. The average Bonchev–Trinajstić information content (AvgIpc) is 2.47. The van der Waals surface area contributed by atoms with Gasteiger partial charge in [0, 0.05) is 11.6 Å². The van der Waals surface area contributed by atoms with E-state index in [4.69, 9.17) is 4.74 Å². The lowest BCUT2D eigenvalue weighted by molar-refractivity contribution is 0.0940. The van der Waals surface area contributed by atoms with E-state index in [0.29, 0.717) is 6.04 Å². The molecule has 1 aromatic rings. The van der Waals surface area contributed by atoms with E-state index < -0.39 is 0 Å². The number of carbonyl (C=O) groups is 1. The highest BCUT2D eigenvalue weighted by Gasteiger charge is 2.21. The van der Waals surface area contributed by atoms with Gasteiger partial charge in [0.25, 0.3) is 0 Å². The highest BCUT2D eigenvalue weighted by molar-refractivity contribution is 6.00.